The molecule has 90 valence electrons. The van der Waals surface area contributed by atoms with Crippen LogP contribution in [0.2, 0.25) is 0 Å². The number of aryl methyl sites for hydroxylation is 1. The van der Waals surface area contributed by atoms with Gasteiger partial charge >= 0.3 is 0 Å². The Morgan fingerprint density at radius 2 is 2.12 bits per heavy atom. The van der Waals surface area contributed by atoms with Crippen LogP contribution in [0.3, 0.4) is 0 Å². The number of anilines is 1. The Morgan fingerprint density at radius 1 is 1.38 bits per heavy atom. The van der Waals surface area contributed by atoms with Crippen molar-refractivity contribution in [1.82, 2.24) is 4.98 Å². The molecule has 0 saturated heterocycles. The molecule has 0 amide bonds. The highest BCUT2D eigenvalue weighted by atomic mass is 16.3. The normalized spacial score (nSPS) is 12.7. The Labute approximate surface area is 97.7 Å². The van der Waals surface area contributed by atoms with Gasteiger partial charge in [-0.2, -0.15) is 0 Å². The summed E-state index contributed by atoms with van der Waals surface area (Å²) in [5, 5.41) is 10.0. The molecule has 3 nitrogen and oxygen atoms in total. The molecule has 0 aliphatic heterocycles. The predicted molar refractivity (Wildman–Crippen MR) is 67.1 cm³/mol. The number of nitrogen functional groups attached to an aromatic ring is 1. The van der Waals surface area contributed by atoms with Gasteiger partial charge in [0, 0.05) is 11.8 Å². The van der Waals surface area contributed by atoms with E-state index in [0.717, 1.165) is 24.0 Å². The minimum atomic E-state index is -0.468. The molecule has 0 spiro atoms. The molecule has 1 heterocycles. The van der Waals surface area contributed by atoms with Gasteiger partial charge in [-0.05, 0) is 25.0 Å². The molecule has 1 unspecified atom stereocenters. The summed E-state index contributed by atoms with van der Waals surface area (Å²) in [5.74, 6) is 0.452. The molecule has 0 bridgehead atoms. The molecule has 0 saturated carbocycles. The fourth-order valence-electron chi connectivity index (χ4n) is 1.79. The summed E-state index contributed by atoms with van der Waals surface area (Å²) in [6.45, 7) is 4.14. The molecule has 1 aromatic rings. The average molecular weight is 222 g/mol. The molecule has 3 heteroatoms. The number of aliphatic hydroxyl groups is 1. The number of hydrogen-bond donors (Lipinski definition) is 2. The van der Waals surface area contributed by atoms with E-state index in [2.05, 4.69) is 11.9 Å². The quantitative estimate of drug-likeness (QED) is 0.727. The topological polar surface area (TPSA) is 59.1 Å². The van der Waals surface area contributed by atoms with Crippen molar-refractivity contribution in [3.8, 4) is 0 Å². The second-order valence-electron chi connectivity index (χ2n) is 4.35. The van der Waals surface area contributed by atoms with Gasteiger partial charge in [-0.3, -0.25) is 0 Å². The fourth-order valence-corrected chi connectivity index (χ4v) is 1.79. The number of rotatable bonds is 6. The van der Waals surface area contributed by atoms with E-state index in [-0.39, 0.29) is 0 Å². The maximum absolute atomic E-state index is 10.0. The van der Waals surface area contributed by atoms with Gasteiger partial charge in [0.25, 0.3) is 0 Å². The van der Waals surface area contributed by atoms with E-state index in [1.54, 1.807) is 6.20 Å². The van der Waals surface area contributed by atoms with Gasteiger partial charge < -0.3 is 10.8 Å². The lowest BCUT2D eigenvalue weighted by molar-refractivity contribution is 0.163. The van der Waals surface area contributed by atoms with Crippen molar-refractivity contribution in [3.05, 3.63) is 23.4 Å². The second kappa shape index (κ2) is 6.48. The third-order valence-electron chi connectivity index (χ3n) is 2.78. The highest BCUT2D eigenvalue weighted by Gasteiger charge is 2.11. The van der Waals surface area contributed by atoms with Gasteiger partial charge in [0.2, 0.25) is 0 Å². The first-order valence-corrected chi connectivity index (χ1v) is 6.05. The standard InChI is InChI=1S/C13H22N2O/c1-3-4-5-6-7-12(16)11-8-10(2)9-15-13(11)14/h8-9,12,16H,3-7H2,1-2H3,(H2,14,15). The van der Waals surface area contributed by atoms with Crippen LogP contribution in [0.25, 0.3) is 0 Å². The first kappa shape index (κ1) is 13.0. The first-order chi connectivity index (χ1) is 7.65. The van der Waals surface area contributed by atoms with E-state index in [0.29, 0.717) is 5.82 Å². The zero-order valence-electron chi connectivity index (χ0n) is 10.2. The van der Waals surface area contributed by atoms with Crippen molar-refractivity contribution in [2.75, 3.05) is 5.73 Å². The minimum absolute atomic E-state index is 0.452. The van der Waals surface area contributed by atoms with E-state index in [4.69, 9.17) is 5.73 Å². The van der Waals surface area contributed by atoms with Gasteiger partial charge in [0.15, 0.2) is 0 Å². The third-order valence-corrected chi connectivity index (χ3v) is 2.78. The average Bonchev–Trinajstić information content (AvgIpc) is 2.27. The summed E-state index contributed by atoms with van der Waals surface area (Å²) in [7, 11) is 0. The predicted octanol–water partition coefficient (Wildman–Crippen LogP) is 2.98. The number of hydrogen-bond acceptors (Lipinski definition) is 3. The van der Waals surface area contributed by atoms with Crippen LogP contribution >= 0.6 is 0 Å². The van der Waals surface area contributed by atoms with Crippen LogP contribution in [0.4, 0.5) is 5.82 Å². The van der Waals surface area contributed by atoms with Crippen LogP contribution in [0.5, 0.6) is 0 Å². The molecular weight excluding hydrogens is 200 g/mol. The maximum Gasteiger partial charge on any atom is 0.129 e. The van der Waals surface area contributed by atoms with Gasteiger partial charge in [0.05, 0.1) is 6.10 Å². The SMILES string of the molecule is CCCCCCC(O)c1cc(C)cnc1N. The highest BCUT2D eigenvalue weighted by molar-refractivity contribution is 5.42. The Bertz CT molecular complexity index is 326. The van der Waals surface area contributed by atoms with Crippen LogP contribution < -0.4 is 5.73 Å². The largest absolute Gasteiger partial charge is 0.388 e. The van der Waals surface area contributed by atoms with Crippen molar-refractivity contribution < 1.29 is 5.11 Å². The summed E-state index contributed by atoms with van der Waals surface area (Å²) in [4.78, 5) is 4.06. The van der Waals surface area contributed by atoms with Gasteiger partial charge in [-0.25, -0.2) is 4.98 Å². The van der Waals surface area contributed by atoms with E-state index in [1.165, 1.54) is 19.3 Å². The Morgan fingerprint density at radius 3 is 2.81 bits per heavy atom. The Hall–Kier alpha value is -1.09. The van der Waals surface area contributed by atoms with Crippen molar-refractivity contribution >= 4 is 5.82 Å². The highest BCUT2D eigenvalue weighted by Crippen LogP contribution is 2.24. The second-order valence-corrected chi connectivity index (χ2v) is 4.35. The number of aromatic nitrogens is 1. The van der Waals surface area contributed by atoms with Crippen LogP contribution in [0, 0.1) is 6.92 Å². The summed E-state index contributed by atoms with van der Waals surface area (Å²) in [5.41, 5.74) is 7.56. The molecule has 1 aromatic heterocycles. The third kappa shape index (κ3) is 3.81. The van der Waals surface area contributed by atoms with E-state index >= 15 is 0 Å². The molecule has 0 aliphatic carbocycles. The summed E-state index contributed by atoms with van der Waals surface area (Å²) >= 11 is 0. The van der Waals surface area contributed by atoms with E-state index < -0.39 is 6.10 Å². The number of aliphatic hydroxyl groups excluding tert-OH is 1. The van der Waals surface area contributed by atoms with Crippen molar-refractivity contribution in [2.45, 2.75) is 52.1 Å². The number of unbranched alkanes of at least 4 members (excludes halogenated alkanes) is 3. The zero-order chi connectivity index (χ0) is 12.0. The summed E-state index contributed by atoms with van der Waals surface area (Å²) in [6.07, 6.45) is 6.69. The van der Waals surface area contributed by atoms with Gasteiger partial charge in [0.1, 0.15) is 5.82 Å². The molecule has 16 heavy (non-hydrogen) atoms. The molecule has 1 rings (SSSR count). The Balaban J connectivity index is 2.51. The van der Waals surface area contributed by atoms with Crippen LogP contribution in [-0.2, 0) is 0 Å². The summed E-state index contributed by atoms with van der Waals surface area (Å²) < 4.78 is 0. The van der Waals surface area contributed by atoms with Crippen molar-refractivity contribution in [1.29, 1.82) is 0 Å². The van der Waals surface area contributed by atoms with E-state index in [1.807, 2.05) is 13.0 Å². The van der Waals surface area contributed by atoms with Gasteiger partial charge in [-0.15, -0.1) is 0 Å². The van der Waals surface area contributed by atoms with Gasteiger partial charge in [-0.1, -0.05) is 32.6 Å². The summed E-state index contributed by atoms with van der Waals surface area (Å²) in [6, 6.07) is 1.92. The van der Waals surface area contributed by atoms with Crippen molar-refractivity contribution in [3.63, 3.8) is 0 Å². The molecule has 0 radical (unpaired) electrons. The molecule has 0 fully saturated rings. The minimum Gasteiger partial charge on any atom is -0.388 e. The lowest BCUT2D eigenvalue weighted by Crippen LogP contribution is -2.04. The van der Waals surface area contributed by atoms with Crippen LogP contribution in [0.1, 0.15) is 56.3 Å². The molecular formula is C13H22N2O. The molecule has 0 aromatic carbocycles. The monoisotopic (exact) mass is 222 g/mol. The molecule has 1 atom stereocenters. The zero-order valence-corrected chi connectivity index (χ0v) is 10.2. The first-order valence-electron chi connectivity index (χ1n) is 6.05. The van der Waals surface area contributed by atoms with Crippen LogP contribution in [-0.4, -0.2) is 10.1 Å². The lowest BCUT2D eigenvalue weighted by atomic mass is 10.0. The lowest BCUT2D eigenvalue weighted by Gasteiger charge is -2.13. The fraction of sp³-hybridized carbons (Fsp3) is 0.615. The van der Waals surface area contributed by atoms with Crippen molar-refractivity contribution in [2.24, 2.45) is 0 Å². The Kier molecular flexibility index (Phi) is 5.26. The smallest absolute Gasteiger partial charge is 0.129 e. The number of nitrogens with zero attached hydrogens (tertiary/aromatic N) is 1. The van der Waals surface area contributed by atoms with Crippen LogP contribution in [0.15, 0.2) is 12.3 Å². The molecule has 3 N–H and O–H groups in total. The number of pyridine rings is 1. The number of nitrogens with two attached hydrogens (primary N) is 1. The van der Waals surface area contributed by atoms with E-state index in [9.17, 15) is 5.11 Å². The maximum atomic E-state index is 10.0. The molecule has 0 aliphatic rings.